The first-order valence-electron chi connectivity index (χ1n) is 9.96. The van der Waals surface area contributed by atoms with Gasteiger partial charge in [-0.15, -0.1) is 0 Å². The number of anilines is 1. The normalized spacial score (nSPS) is 23.2. The highest BCUT2D eigenvalue weighted by Crippen LogP contribution is 2.43. The predicted molar refractivity (Wildman–Crippen MR) is 105 cm³/mol. The van der Waals surface area contributed by atoms with E-state index in [0.29, 0.717) is 18.5 Å². The number of amides is 1. The van der Waals surface area contributed by atoms with Gasteiger partial charge in [-0.2, -0.15) is 0 Å². The molecule has 26 heavy (non-hydrogen) atoms. The number of hydrogen-bond acceptors (Lipinski definition) is 5. The summed E-state index contributed by atoms with van der Waals surface area (Å²) < 4.78 is 0. The van der Waals surface area contributed by atoms with E-state index in [0.717, 1.165) is 44.7 Å². The summed E-state index contributed by atoms with van der Waals surface area (Å²) in [7, 11) is 2.20. The second-order valence-corrected chi connectivity index (χ2v) is 7.95. The third kappa shape index (κ3) is 4.74. The van der Waals surface area contributed by atoms with E-state index in [2.05, 4.69) is 39.4 Å². The highest BCUT2D eigenvalue weighted by Gasteiger charge is 2.47. The predicted octanol–water partition coefficient (Wildman–Crippen LogP) is 1.81. The summed E-state index contributed by atoms with van der Waals surface area (Å²) in [4.78, 5) is 21.7. The molecule has 1 amide bonds. The number of likely N-dealkylation sites (tertiary alicyclic amines) is 2. The van der Waals surface area contributed by atoms with E-state index >= 15 is 0 Å². The van der Waals surface area contributed by atoms with Gasteiger partial charge in [-0.1, -0.05) is 6.92 Å². The van der Waals surface area contributed by atoms with Crippen LogP contribution in [0.15, 0.2) is 24.5 Å². The first-order valence-corrected chi connectivity index (χ1v) is 9.96. The maximum atomic E-state index is 12.8. The summed E-state index contributed by atoms with van der Waals surface area (Å²) in [5, 5.41) is 6.43. The number of piperidine rings is 1. The van der Waals surface area contributed by atoms with Gasteiger partial charge in [-0.25, -0.2) is 0 Å². The van der Waals surface area contributed by atoms with Crippen molar-refractivity contribution in [3.05, 3.63) is 24.5 Å². The lowest BCUT2D eigenvalue weighted by Gasteiger charge is -2.37. The molecule has 144 valence electrons. The molecule has 2 saturated heterocycles. The number of nitrogens with zero attached hydrogens (tertiary/aromatic N) is 3. The molecule has 2 aliphatic rings. The minimum atomic E-state index is 0.0387. The Labute approximate surface area is 157 Å². The lowest BCUT2D eigenvalue weighted by Crippen LogP contribution is -2.44. The van der Waals surface area contributed by atoms with Crippen molar-refractivity contribution >= 4 is 11.6 Å². The topological polar surface area (TPSA) is 60.5 Å². The van der Waals surface area contributed by atoms with Crippen molar-refractivity contribution in [1.29, 1.82) is 0 Å². The molecule has 6 nitrogen and oxygen atoms in total. The van der Waals surface area contributed by atoms with Crippen LogP contribution >= 0.6 is 0 Å². The van der Waals surface area contributed by atoms with Crippen LogP contribution < -0.4 is 10.6 Å². The zero-order chi connectivity index (χ0) is 18.4. The first kappa shape index (κ1) is 19.1. The van der Waals surface area contributed by atoms with Gasteiger partial charge in [0.1, 0.15) is 0 Å². The van der Waals surface area contributed by atoms with Gasteiger partial charge in [0.25, 0.3) is 0 Å². The monoisotopic (exact) mass is 359 g/mol. The molecule has 0 unspecified atom stereocenters. The molecule has 3 rings (SSSR count). The fourth-order valence-corrected chi connectivity index (χ4v) is 4.36. The van der Waals surface area contributed by atoms with Gasteiger partial charge >= 0.3 is 0 Å². The number of hydrogen-bond donors (Lipinski definition) is 2. The second-order valence-electron chi connectivity index (χ2n) is 7.95. The van der Waals surface area contributed by atoms with Crippen molar-refractivity contribution in [2.24, 2.45) is 5.41 Å². The Morgan fingerprint density at radius 2 is 2.15 bits per heavy atom. The van der Waals surface area contributed by atoms with E-state index in [4.69, 9.17) is 0 Å². The Kier molecular flexibility index (Phi) is 6.48. The van der Waals surface area contributed by atoms with Crippen LogP contribution in [0.25, 0.3) is 0 Å². The van der Waals surface area contributed by atoms with Gasteiger partial charge in [0.15, 0.2) is 0 Å². The maximum absolute atomic E-state index is 12.8. The van der Waals surface area contributed by atoms with Crippen LogP contribution in [0, 0.1) is 5.41 Å². The van der Waals surface area contributed by atoms with Crippen LogP contribution in [-0.4, -0.2) is 73.0 Å². The number of carbonyl (C=O) groups excluding carboxylic acids is 1. The largest absolute Gasteiger partial charge is 0.382 e. The summed E-state index contributed by atoms with van der Waals surface area (Å²) in [5.74, 6) is 0.197. The molecule has 2 fully saturated rings. The molecule has 2 N–H and O–H groups in total. The summed E-state index contributed by atoms with van der Waals surface area (Å²) in [6.45, 7) is 7.97. The number of pyridine rings is 1. The molecule has 3 heterocycles. The zero-order valence-corrected chi connectivity index (χ0v) is 16.2. The van der Waals surface area contributed by atoms with E-state index in [9.17, 15) is 4.79 Å². The van der Waals surface area contributed by atoms with Crippen LogP contribution in [-0.2, 0) is 4.79 Å². The standard InChI is InChI=1S/C20H33N5O/c1-3-11-25-16-20(6-12-24(2)13-7-20)14-18(25)19(26)23-10-9-22-17-5-4-8-21-15-17/h4-5,8,15,18,22H,3,6-7,9-14,16H2,1-2H3,(H,23,26)/t18-/m1/s1. The van der Waals surface area contributed by atoms with Crippen molar-refractivity contribution in [2.45, 2.75) is 38.6 Å². The van der Waals surface area contributed by atoms with Crippen LogP contribution in [0.3, 0.4) is 0 Å². The lowest BCUT2D eigenvalue weighted by molar-refractivity contribution is -0.125. The third-order valence-electron chi connectivity index (χ3n) is 5.88. The third-order valence-corrected chi connectivity index (χ3v) is 5.88. The highest BCUT2D eigenvalue weighted by molar-refractivity contribution is 5.82. The molecule has 1 spiro atoms. The molecule has 0 aromatic carbocycles. The molecule has 0 aliphatic carbocycles. The molecule has 0 radical (unpaired) electrons. The molecule has 0 bridgehead atoms. The summed E-state index contributed by atoms with van der Waals surface area (Å²) >= 11 is 0. The van der Waals surface area contributed by atoms with Gasteiger partial charge in [0.05, 0.1) is 11.7 Å². The van der Waals surface area contributed by atoms with Crippen LogP contribution in [0.1, 0.15) is 32.6 Å². The molecule has 0 saturated carbocycles. The zero-order valence-electron chi connectivity index (χ0n) is 16.2. The van der Waals surface area contributed by atoms with Crippen molar-refractivity contribution in [1.82, 2.24) is 20.1 Å². The SMILES string of the molecule is CCCN1CC2(CCN(C)CC2)C[C@@H]1C(=O)NCCNc1cccnc1. The first-order chi connectivity index (χ1) is 12.6. The van der Waals surface area contributed by atoms with E-state index in [1.54, 1.807) is 12.4 Å². The number of carbonyl (C=O) groups is 1. The van der Waals surface area contributed by atoms with Crippen molar-refractivity contribution < 1.29 is 4.79 Å². The lowest BCUT2D eigenvalue weighted by atomic mass is 9.76. The maximum Gasteiger partial charge on any atom is 0.237 e. The van der Waals surface area contributed by atoms with Crippen LogP contribution in [0.2, 0.25) is 0 Å². The Hall–Kier alpha value is -1.66. The fourth-order valence-electron chi connectivity index (χ4n) is 4.36. The molecule has 1 aromatic heterocycles. The average molecular weight is 360 g/mol. The average Bonchev–Trinajstić information content (AvgIpc) is 3.01. The summed E-state index contributed by atoms with van der Waals surface area (Å²) in [5.41, 5.74) is 1.33. The Balaban J connectivity index is 1.49. The minimum Gasteiger partial charge on any atom is -0.382 e. The smallest absolute Gasteiger partial charge is 0.237 e. The summed E-state index contributed by atoms with van der Waals surface area (Å²) in [6, 6.07) is 3.93. The Bertz CT molecular complexity index is 571. The van der Waals surface area contributed by atoms with Crippen LogP contribution in [0.5, 0.6) is 0 Å². The Morgan fingerprint density at radius 1 is 1.35 bits per heavy atom. The molecular weight excluding hydrogens is 326 g/mol. The second kappa shape index (κ2) is 8.82. The van der Waals surface area contributed by atoms with Gasteiger partial charge in [0, 0.05) is 32.0 Å². The molecule has 1 atom stereocenters. The minimum absolute atomic E-state index is 0.0387. The Morgan fingerprint density at radius 3 is 2.85 bits per heavy atom. The van der Waals surface area contributed by atoms with Crippen molar-refractivity contribution in [3.63, 3.8) is 0 Å². The number of rotatable bonds is 7. The number of nitrogens with one attached hydrogen (secondary N) is 2. The van der Waals surface area contributed by atoms with Gasteiger partial charge < -0.3 is 15.5 Å². The van der Waals surface area contributed by atoms with Gasteiger partial charge in [-0.05, 0) is 69.9 Å². The summed E-state index contributed by atoms with van der Waals surface area (Å²) in [6.07, 6.45) is 8.11. The molecule has 6 heteroatoms. The quantitative estimate of drug-likeness (QED) is 0.727. The molecule has 1 aromatic rings. The van der Waals surface area contributed by atoms with E-state index < -0.39 is 0 Å². The van der Waals surface area contributed by atoms with Crippen molar-refractivity contribution in [2.75, 3.05) is 51.6 Å². The highest BCUT2D eigenvalue weighted by atomic mass is 16.2. The van der Waals surface area contributed by atoms with Crippen molar-refractivity contribution in [3.8, 4) is 0 Å². The van der Waals surface area contributed by atoms with Gasteiger partial charge in [0.2, 0.25) is 5.91 Å². The van der Waals surface area contributed by atoms with E-state index in [1.165, 1.54) is 12.8 Å². The fraction of sp³-hybridized carbons (Fsp3) is 0.700. The van der Waals surface area contributed by atoms with Gasteiger partial charge in [-0.3, -0.25) is 14.7 Å². The van der Waals surface area contributed by atoms with E-state index in [1.807, 2.05) is 12.1 Å². The molecular formula is C20H33N5O. The molecule has 2 aliphatic heterocycles. The van der Waals surface area contributed by atoms with Crippen LogP contribution in [0.4, 0.5) is 5.69 Å². The number of aromatic nitrogens is 1. The van der Waals surface area contributed by atoms with E-state index in [-0.39, 0.29) is 11.9 Å².